The molecule has 0 bridgehead atoms. The van der Waals surface area contributed by atoms with Crippen LogP contribution in [0.15, 0.2) is 30.3 Å². The molecular weight excluding hydrogens is 252 g/mol. The smallest absolute Gasteiger partial charge is 0.228 e. The van der Waals surface area contributed by atoms with E-state index in [1.807, 2.05) is 30.3 Å². The first kappa shape index (κ1) is 13.3. The molecule has 0 aliphatic rings. The van der Waals surface area contributed by atoms with Crippen molar-refractivity contribution in [1.29, 1.82) is 0 Å². The van der Waals surface area contributed by atoms with Gasteiger partial charge in [0.1, 0.15) is 5.75 Å². The van der Waals surface area contributed by atoms with Gasteiger partial charge in [0.15, 0.2) is 0 Å². The minimum Gasteiger partial charge on any atom is -0.725 e. The van der Waals surface area contributed by atoms with E-state index in [4.69, 9.17) is 4.74 Å². The molecule has 90 valence electrons. The number of benzene rings is 1. The summed E-state index contributed by atoms with van der Waals surface area (Å²) < 4.78 is 39.5. The van der Waals surface area contributed by atoms with Gasteiger partial charge < -0.3 is 9.29 Å². The highest BCUT2D eigenvalue weighted by Gasteiger charge is 1.97. The maximum absolute atomic E-state index is 10.1. The molecule has 16 heavy (non-hydrogen) atoms. The maximum atomic E-state index is 10.1. The van der Waals surface area contributed by atoms with Gasteiger partial charge >= 0.3 is 0 Å². The molecule has 0 N–H and O–H groups in total. The normalized spacial score (nSPS) is 11.3. The zero-order chi connectivity index (χ0) is 11.9. The van der Waals surface area contributed by atoms with Crippen LogP contribution in [0.3, 0.4) is 0 Å². The standard InChI is InChI=1S/C9H12O5S2/c10-16(11,12)14-15-8-4-7-13-9-5-2-1-3-6-9/h1-3,5-6H,4,7-8H2,(H,10,11,12)/p-1. The molecular formula is C9H11O5S2-. The van der Waals surface area contributed by atoms with Crippen LogP contribution in [0.4, 0.5) is 0 Å². The quantitative estimate of drug-likeness (QED) is 0.322. The first-order chi connectivity index (χ1) is 7.58. The fourth-order valence-electron chi connectivity index (χ4n) is 0.918. The van der Waals surface area contributed by atoms with E-state index in [1.54, 1.807) is 0 Å². The van der Waals surface area contributed by atoms with Gasteiger partial charge in [0.2, 0.25) is 10.4 Å². The summed E-state index contributed by atoms with van der Waals surface area (Å²) in [7, 11) is -4.59. The van der Waals surface area contributed by atoms with E-state index >= 15 is 0 Å². The molecule has 0 unspecified atom stereocenters. The summed E-state index contributed by atoms with van der Waals surface area (Å²) >= 11 is 0.615. The second kappa shape index (κ2) is 6.74. The van der Waals surface area contributed by atoms with E-state index in [0.29, 0.717) is 30.8 Å². The maximum Gasteiger partial charge on any atom is 0.228 e. The number of hydrogen-bond acceptors (Lipinski definition) is 6. The topological polar surface area (TPSA) is 75.7 Å². The lowest BCUT2D eigenvalue weighted by Gasteiger charge is -2.07. The lowest BCUT2D eigenvalue weighted by Crippen LogP contribution is -2.01. The molecule has 7 heteroatoms. The van der Waals surface area contributed by atoms with Crippen molar-refractivity contribution in [2.45, 2.75) is 6.42 Å². The first-order valence-corrected chi connectivity index (χ1v) is 6.77. The molecule has 0 aliphatic heterocycles. The van der Waals surface area contributed by atoms with Gasteiger partial charge in [0.05, 0.1) is 6.61 Å². The molecule has 0 aromatic heterocycles. The van der Waals surface area contributed by atoms with Crippen molar-refractivity contribution in [3.63, 3.8) is 0 Å². The highest BCUT2D eigenvalue weighted by molar-refractivity contribution is 8.02. The summed E-state index contributed by atoms with van der Waals surface area (Å²) in [6.07, 6.45) is 0.592. The van der Waals surface area contributed by atoms with Crippen LogP contribution in [0.1, 0.15) is 6.42 Å². The fraction of sp³-hybridized carbons (Fsp3) is 0.333. The highest BCUT2D eigenvalue weighted by Crippen LogP contribution is 2.11. The largest absolute Gasteiger partial charge is 0.725 e. The predicted octanol–water partition coefficient (Wildman–Crippen LogP) is 1.58. The van der Waals surface area contributed by atoms with Crippen molar-refractivity contribution < 1.29 is 21.3 Å². The summed E-state index contributed by atoms with van der Waals surface area (Å²) in [6.45, 7) is 0.444. The number of ether oxygens (including phenoxy) is 1. The monoisotopic (exact) mass is 263 g/mol. The van der Waals surface area contributed by atoms with E-state index in [-0.39, 0.29) is 0 Å². The van der Waals surface area contributed by atoms with Gasteiger partial charge in [-0.15, -0.1) is 0 Å². The predicted molar refractivity (Wildman–Crippen MR) is 59.8 cm³/mol. The Bertz CT molecular complexity index is 390. The molecule has 1 rings (SSSR count). The van der Waals surface area contributed by atoms with Gasteiger partial charge in [0.25, 0.3) is 0 Å². The van der Waals surface area contributed by atoms with Gasteiger partial charge in [-0.2, -0.15) is 0 Å². The third-order valence-corrected chi connectivity index (χ3v) is 3.02. The van der Waals surface area contributed by atoms with E-state index in [1.165, 1.54) is 0 Å². The third-order valence-electron chi connectivity index (χ3n) is 1.52. The SMILES string of the molecule is O=S(=O)([O-])OSCCCOc1ccccc1. The minimum atomic E-state index is -4.59. The van der Waals surface area contributed by atoms with Gasteiger partial charge in [0, 0.05) is 17.8 Å². The summed E-state index contributed by atoms with van der Waals surface area (Å²) in [5.41, 5.74) is 0. The van der Waals surface area contributed by atoms with Crippen molar-refractivity contribution in [2.75, 3.05) is 12.4 Å². The van der Waals surface area contributed by atoms with Gasteiger partial charge in [-0.3, -0.25) is 0 Å². The lowest BCUT2D eigenvalue weighted by atomic mass is 10.3. The Kier molecular flexibility index (Phi) is 5.61. The van der Waals surface area contributed by atoms with Crippen LogP contribution in [0.25, 0.3) is 0 Å². The van der Waals surface area contributed by atoms with Gasteiger partial charge in [-0.05, 0) is 18.6 Å². The van der Waals surface area contributed by atoms with Crippen LogP contribution >= 0.6 is 12.0 Å². The molecule has 0 heterocycles. The van der Waals surface area contributed by atoms with Crippen LogP contribution in [0, 0.1) is 0 Å². The Balaban J connectivity index is 2.05. The molecule has 5 nitrogen and oxygen atoms in total. The van der Waals surface area contributed by atoms with Crippen molar-refractivity contribution in [2.24, 2.45) is 0 Å². The molecule has 0 radical (unpaired) electrons. The van der Waals surface area contributed by atoms with Crippen LogP contribution in [0.2, 0.25) is 0 Å². The summed E-state index contributed by atoms with van der Waals surface area (Å²) in [4.78, 5) is 0. The van der Waals surface area contributed by atoms with Crippen LogP contribution in [0.5, 0.6) is 5.75 Å². The Labute approximate surface area is 98.9 Å². The van der Waals surface area contributed by atoms with Crippen LogP contribution in [-0.2, 0) is 14.0 Å². The minimum absolute atomic E-state index is 0.383. The molecule has 0 saturated carbocycles. The highest BCUT2D eigenvalue weighted by atomic mass is 32.3. The van der Waals surface area contributed by atoms with Crippen LogP contribution in [-0.4, -0.2) is 25.3 Å². The van der Waals surface area contributed by atoms with Crippen molar-refractivity contribution in [3.8, 4) is 5.75 Å². The Hall–Kier alpha value is -0.760. The second-order valence-electron chi connectivity index (χ2n) is 2.81. The summed E-state index contributed by atoms with van der Waals surface area (Å²) in [6, 6.07) is 9.25. The Morgan fingerprint density at radius 3 is 2.56 bits per heavy atom. The van der Waals surface area contributed by atoms with E-state index in [0.717, 1.165) is 5.75 Å². The van der Waals surface area contributed by atoms with Crippen molar-refractivity contribution in [1.82, 2.24) is 0 Å². The average Bonchev–Trinajstić information content (AvgIpc) is 2.23. The third kappa shape index (κ3) is 6.67. The molecule has 0 amide bonds. The van der Waals surface area contributed by atoms with E-state index in [9.17, 15) is 13.0 Å². The Morgan fingerprint density at radius 2 is 1.94 bits per heavy atom. The molecule has 0 aliphatic carbocycles. The molecule has 0 fully saturated rings. The van der Waals surface area contributed by atoms with Gasteiger partial charge in [-0.25, -0.2) is 12.0 Å². The molecule has 0 spiro atoms. The van der Waals surface area contributed by atoms with Gasteiger partial charge in [-0.1, -0.05) is 18.2 Å². The van der Waals surface area contributed by atoms with E-state index in [2.05, 4.69) is 3.63 Å². The summed E-state index contributed by atoms with van der Waals surface area (Å²) in [5, 5.41) is 0. The lowest BCUT2D eigenvalue weighted by molar-refractivity contribution is 0.318. The Morgan fingerprint density at radius 1 is 1.25 bits per heavy atom. The first-order valence-electron chi connectivity index (χ1n) is 4.53. The average molecular weight is 263 g/mol. The molecule has 0 atom stereocenters. The molecule has 0 saturated heterocycles. The number of hydrogen-bond donors (Lipinski definition) is 0. The molecule has 1 aromatic carbocycles. The van der Waals surface area contributed by atoms with Crippen molar-refractivity contribution in [3.05, 3.63) is 30.3 Å². The second-order valence-corrected chi connectivity index (χ2v) is 4.82. The number of para-hydroxylation sites is 1. The summed E-state index contributed by atoms with van der Waals surface area (Å²) in [5.74, 6) is 1.14. The zero-order valence-electron chi connectivity index (χ0n) is 8.37. The molecule has 1 aromatic rings. The van der Waals surface area contributed by atoms with Crippen molar-refractivity contribution >= 4 is 22.4 Å². The number of rotatable bonds is 7. The fourth-order valence-corrected chi connectivity index (χ4v) is 1.90. The van der Waals surface area contributed by atoms with E-state index < -0.39 is 10.4 Å². The van der Waals surface area contributed by atoms with Crippen LogP contribution < -0.4 is 4.74 Å². The zero-order valence-corrected chi connectivity index (χ0v) is 10.00.